The lowest BCUT2D eigenvalue weighted by Crippen LogP contribution is -2.47. The third-order valence-corrected chi connectivity index (χ3v) is 3.65. The molecule has 1 amide bonds. The Morgan fingerprint density at radius 2 is 1.95 bits per heavy atom. The fraction of sp³-hybridized carbons (Fsp3) is 0.533. The maximum Gasteiger partial charge on any atom is 0.226 e. The molecule has 2 rings (SSSR count). The summed E-state index contributed by atoms with van der Waals surface area (Å²) in [6.45, 7) is 1.35. The predicted octanol–water partition coefficient (Wildman–Crippen LogP) is 1.37. The molecule has 1 fully saturated rings. The molecule has 0 radical (unpaired) electrons. The molecule has 4 nitrogen and oxygen atoms in total. The molecule has 1 aromatic rings. The fourth-order valence-electron chi connectivity index (χ4n) is 2.35. The Balaban J connectivity index is 1.89. The van der Waals surface area contributed by atoms with Gasteiger partial charge in [-0.25, -0.2) is 4.39 Å². The quantitative estimate of drug-likeness (QED) is 0.907. The maximum atomic E-state index is 12.8. The number of halogens is 1. The van der Waals surface area contributed by atoms with Crippen molar-refractivity contribution < 1.29 is 19.0 Å². The van der Waals surface area contributed by atoms with Crippen LogP contribution in [0.3, 0.4) is 0 Å². The number of carbonyl (C=O) groups excluding carboxylic acids is 1. The zero-order valence-electron chi connectivity index (χ0n) is 11.6. The van der Waals surface area contributed by atoms with E-state index in [2.05, 4.69) is 0 Å². The van der Waals surface area contributed by atoms with Gasteiger partial charge >= 0.3 is 0 Å². The highest BCUT2D eigenvalue weighted by Gasteiger charge is 2.32. The zero-order valence-corrected chi connectivity index (χ0v) is 11.6. The minimum Gasteiger partial charge on any atom is -0.388 e. The second-order valence-corrected chi connectivity index (χ2v) is 5.39. The van der Waals surface area contributed by atoms with Crippen LogP contribution in [0.4, 0.5) is 4.39 Å². The van der Waals surface area contributed by atoms with Gasteiger partial charge in [0.1, 0.15) is 5.82 Å². The molecular weight excluding hydrogens is 261 g/mol. The van der Waals surface area contributed by atoms with Crippen molar-refractivity contribution in [2.45, 2.75) is 24.9 Å². The summed E-state index contributed by atoms with van der Waals surface area (Å²) < 4.78 is 18.0. The van der Waals surface area contributed by atoms with Crippen LogP contribution >= 0.6 is 0 Å². The van der Waals surface area contributed by atoms with Gasteiger partial charge in [-0.15, -0.1) is 0 Å². The van der Waals surface area contributed by atoms with Crippen molar-refractivity contribution in [3.63, 3.8) is 0 Å². The van der Waals surface area contributed by atoms with E-state index in [1.807, 2.05) is 0 Å². The molecular formula is C15H20FNO3. The van der Waals surface area contributed by atoms with E-state index in [4.69, 9.17) is 4.74 Å². The SMILES string of the molecule is CN(CC1(O)CCOCC1)C(=O)Cc1ccc(F)cc1. The molecule has 0 unspecified atom stereocenters. The average molecular weight is 281 g/mol. The molecule has 1 N–H and O–H groups in total. The van der Waals surface area contributed by atoms with Crippen LogP contribution in [0.1, 0.15) is 18.4 Å². The largest absolute Gasteiger partial charge is 0.388 e. The predicted molar refractivity (Wildman–Crippen MR) is 72.7 cm³/mol. The lowest BCUT2D eigenvalue weighted by molar-refractivity contribution is -0.136. The van der Waals surface area contributed by atoms with Crippen molar-refractivity contribution in [3.05, 3.63) is 35.6 Å². The monoisotopic (exact) mass is 281 g/mol. The van der Waals surface area contributed by atoms with E-state index in [0.29, 0.717) is 32.6 Å². The highest BCUT2D eigenvalue weighted by molar-refractivity contribution is 5.78. The van der Waals surface area contributed by atoms with Crippen LogP contribution < -0.4 is 0 Å². The first kappa shape index (κ1) is 14.9. The Labute approximate surface area is 118 Å². The molecule has 0 aliphatic carbocycles. The molecule has 1 saturated heterocycles. The number of carbonyl (C=O) groups is 1. The second kappa shape index (κ2) is 6.33. The van der Waals surface area contributed by atoms with E-state index >= 15 is 0 Å². The molecule has 0 aromatic heterocycles. The zero-order chi connectivity index (χ0) is 14.6. The van der Waals surface area contributed by atoms with Gasteiger partial charge in [0, 0.05) is 39.6 Å². The molecule has 0 bridgehead atoms. The molecule has 110 valence electrons. The Kier molecular flexibility index (Phi) is 4.73. The summed E-state index contributed by atoms with van der Waals surface area (Å²) in [5.41, 5.74) is -0.0898. The van der Waals surface area contributed by atoms with Crippen LogP contribution in [0.25, 0.3) is 0 Å². The number of rotatable bonds is 4. The van der Waals surface area contributed by atoms with Crippen LogP contribution in [0.2, 0.25) is 0 Å². The molecule has 1 heterocycles. The molecule has 1 aliphatic rings. The summed E-state index contributed by atoms with van der Waals surface area (Å²) in [6.07, 6.45) is 1.30. The summed E-state index contributed by atoms with van der Waals surface area (Å²) in [6, 6.07) is 5.89. The van der Waals surface area contributed by atoms with Gasteiger partial charge in [0.2, 0.25) is 5.91 Å². The van der Waals surface area contributed by atoms with Crippen molar-refractivity contribution >= 4 is 5.91 Å². The summed E-state index contributed by atoms with van der Waals surface area (Å²) in [5, 5.41) is 10.4. The fourth-order valence-corrected chi connectivity index (χ4v) is 2.35. The van der Waals surface area contributed by atoms with Crippen LogP contribution in [0.5, 0.6) is 0 Å². The van der Waals surface area contributed by atoms with Gasteiger partial charge in [0.05, 0.1) is 12.0 Å². The van der Waals surface area contributed by atoms with Gasteiger partial charge in [-0.1, -0.05) is 12.1 Å². The van der Waals surface area contributed by atoms with Gasteiger partial charge in [-0.3, -0.25) is 4.79 Å². The summed E-state index contributed by atoms with van der Waals surface area (Å²) in [7, 11) is 1.68. The first-order valence-corrected chi connectivity index (χ1v) is 6.77. The third-order valence-electron chi connectivity index (χ3n) is 3.65. The number of aliphatic hydroxyl groups is 1. The Bertz CT molecular complexity index is 455. The normalized spacial score (nSPS) is 17.8. The van der Waals surface area contributed by atoms with E-state index in [1.165, 1.54) is 17.0 Å². The highest BCUT2D eigenvalue weighted by atomic mass is 19.1. The Morgan fingerprint density at radius 3 is 2.55 bits per heavy atom. The lowest BCUT2D eigenvalue weighted by atomic mass is 9.94. The number of amides is 1. The minimum absolute atomic E-state index is 0.0866. The van der Waals surface area contributed by atoms with Gasteiger partial charge in [-0.2, -0.15) is 0 Å². The van der Waals surface area contributed by atoms with E-state index in [-0.39, 0.29) is 18.1 Å². The summed E-state index contributed by atoms with van der Waals surface area (Å²) >= 11 is 0. The van der Waals surface area contributed by atoms with Crippen molar-refractivity contribution in [1.82, 2.24) is 4.90 Å². The van der Waals surface area contributed by atoms with Crippen molar-refractivity contribution in [2.24, 2.45) is 0 Å². The second-order valence-electron chi connectivity index (χ2n) is 5.39. The minimum atomic E-state index is -0.856. The lowest BCUT2D eigenvalue weighted by Gasteiger charge is -2.35. The maximum absolute atomic E-state index is 12.8. The van der Waals surface area contributed by atoms with E-state index in [9.17, 15) is 14.3 Å². The van der Waals surface area contributed by atoms with Crippen LogP contribution in [0.15, 0.2) is 24.3 Å². The van der Waals surface area contributed by atoms with Crippen molar-refractivity contribution in [2.75, 3.05) is 26.8 Å². The number of nitrogens with zero attached hydrogens (tertiary/aromatic N) is 1. The van der Waals surface area contributed by atoms with E-state index < -0.39 is 5.60 Å². The third kappa shape index (κ3) is 4.02. The summed E-state index contributed by atoms with van der Waals surface area (Å²) in [4.78, 5) is 13.6. The molecule has 20 heavy (non-hydrogen) atoms. The number of likely N-dealkylation sites (N-methyl/N-ethyl adjacent to an activating group) is 1. The first-order valence-electron chi connectivity index (χ1n) is 6.77. The molecule has 0 atom stereocenters. The van der Waals surface area contributed by atoms with E-state index in [0.717, 1.165) is 5.56 Å². The Hall–Kier alpha value is -1.46. The molecule has 1 aromatic carbocycles. The number of hydrogen-bond donors (Lipinski definition) is 1. The Morgan fingerprint density at radius 1 is 1.35 bits per heavy atom. The van der Waals surface area contributed by atoms with E-state index in [1.54, 1.807) is 19.2 Å². The van der Waals surface area contributed by atoms with Crippen molar-refractivity contribution in [3.8, 4) is 0 Å². The van der Waals surface area contributed by atoms with Crippen LogP contribution in [0, 0.1) is 5.82 Å². The van der Waals surface area contributed by atoms with Gasteiger partial charge in [0.15, 0.2) is 0 Å². The molecule has 0 saturated carbocycles. The smallest absolute Gasteiger partial charge is 0.226 e. The van der Waals surface area contributed by atoms with Gasteiger partial charge in [-0.05, 0) is 17.7 Å². The number of benzene rings is 1. The van der Waals surface area contributed by atoms with Crippen molar-refractivity contribution in [1.29, 1.82) is 0 Å². The highest BCUT2D eigenvalue weighted by Crippen LogP contribution is 2.21. The van der Waals surface area contributed by atoms with Gasteiger partial charge < -0.3 is 14.7 Å². The van der Waals surface area contributed by atoms with Crippen LogP contribution in [-0.4, -0.2) is 48.3 Å². The first-order chi connectivity index (χ1) is 9.48. The average Bonchev–Trinajstić information content (AvgIpc) is 2.41. The number of hydrogen-bond acceptors (Lipinski definition) is 3. The molecule has 5 heteroatoms. The molecule has 0 spiro atoms. The molecule has 1 aliphatic heterocycles. The van der Waals surface area contributed by atoms with Gasteiger partial charge in [0.25, 0.3) is 0 Å². The number of ether oxygens (including phenoxy) is 1. The summed E-state index contributed by atoms with van der Waals surface area (Å²) in [5.74, 6) is -0.400. The topological polar surface area (TPSA) is 49.8 Å². The standard InChI is InChI=1S/C15H20FNO3/c1-17(11-15(19)6-8-20-9-7-15)14(18)10-12-2-4-13(16)5-3-12/h2-5,19H,6-11H2,1H3. The van der Waals surface area contributed by atoms with Crippen LogP contribution in [-0.2, 0) is 16.0 Å².